The molecule has 1 heterocycles. The molecule has 0 bridgehead atoms. The van der Waals surface area contributed by atoms with Crippen LogP contribution in [0, 0.1) is 0 Å². The number of carbonyl (C=O) groups excluding carboxylic acids is 1. The van der Waals surface area contributed by atoms with Crippen molar-refractivity contribution in [2.75, 3.05) is 13.1 Å². The number of amides is 1. The molecular formula is C23H28N2O2. The van der Waals surface area contributed by atoms with Gasteiger partial charge in [0.2, 0.25) is 0 Å². The molecule has 1 aliphatic carbocycles. The van der Waals surface area contributed by atoms with E-state index in [0.29, 0.717) is 5.75 Å². The van der Waals surface area contributed by atoms with Gasteiger partial charge in [0.25, 0.3) is 5.91 Å². The molecular weight excluding hydrogens is 336 g/mol. The van der Waals surface area contributed by atoms with Crippen LogP contribution in [0.5, 0.6) is 5.75 Å². The van der Waals surface area contributed by atoms with E-state index in [1.54, 1.807) is 6.07 Å². The Kier molecular flexibility index (Phi) is 5.44. The molecule has 0 aromatic heterocycles. The van der Waals surface area contributed by atoms with Gasteiger partial charge in [-0.2, -0.15) is 0 Å². The van der Waals surface area contributed by atoms with E-state index >= 15 is 0 Å². The van der Waals surface area contributed by atoms with E-state index in [2.05, 4.69) is 17.4 Å². The molecule has 1 amide bonds. The van der Waals surface area contributed by atoms with E-state index in [0.717, 1.165) is 50.9 Å². The van der Waals surface area contributed by atoms with Crippen LogP contribution in [0.2, 0.25) is 0 Å². The maximum absolute atomic E-state index is 12.6. The van der Waals surface area contributed by atoms with Crippen LogP contribution in [0.1, 0.15) is 65.2 Å². The highest BCUT2D eigenvalue weighted by Crippen LogP contribution is 2.32. The van der Waals surface area contributed by atoms with Gasteiger partial charge in [-0.15, -0.1) is 0 Å². The van der Waals surface area contributed by atoms with Gasteiger partial charge in [0.05, 0.1) is 0 Å². The lowest BCUT2D eigenvalue weighted by molar-refractivity contribution is 0.0724. The second-order valence-corrected chi connectivity index (χ2v) is 7.76. The van der Waals surface area contributed by atoms with Gasteiger partial charge in [0.1, 0.15) is 5.75 Å². The van der Waals surface area contributed by atoms with Crippen molar-refractivity contribution in [3.63, 3.8) is 0 Å². The van der Waals surface area contributed by atoms with Crippen LogP contribution in [0.3, 0.4) is 0 Å². The topological polar surface area (TPSA) is 52.6 Å². The highest BCUT2D eigenvalue weighted by Gasteiger charge is 2.21. The maximum Gasteiger partial charge on any atom is 0.253 e. The number of hydrogen-bond donors (Lipinski definition) is 2. The average Bonchev–Trinajstić information content (AvgIpc) is 2.73. The number of piperidine rings is 1. The first-order valence-electron chi connectivity index (χ1n) is 10.1. The highest BCUT2D eigenvalue weighted by atomic mass is 16.3. The zero-order valence-corrected chi connectivity index (χ0v) is 15.8. The summed E-state index contributed by atoms with van der Waals surface area (Å²) in [6.07, 6.45) is 6.80. The molecule has 1 saturated heterocycles. The maximum atomic E-state index is 12.6. The standard InChI is InChI=1S/C23H28N2O2/c26-20-12-11-18-5-4-6-22(21(18)15-20)24-16-17-7-9-19(10-8-17)23(27)25-13-2-1-3-14-25/h7-12,15,22,24,26H,1-6,13-14,16H2. The Balaban J connectivity index is 1.38. The minimum absolute atomic E-state index is 0.158. The molecule has 2 N–H and O–H groups in total. The van der Waals surface area contributed by atoms with E-state index in [1.807, 2.05) is 29.2 Å². The minimum Gasteiger partial charge on any atom is -0.508 e. The molecule has 142 valence electrons. The van der Waals surface area contributed by atoms with Crippen LogP contribution in [-0.4, -0.2) is 29.0 Å². The molecule has 1 fully saturated rings. The molecule has 2 aromatic carbocycles. The van der Waals surface area contributed by atoms with Gasteiger partial charge in [-0.1, -0.05) is 18.2 Å². The first kappa shape index (κ1) is 18.1. The molecule has 4 nitrogen and oxygen atoms in total. The normalized spacial score (nSPS) is 19.6. The van der Waals surface area contributed by atoms with E-state index in [9.17, 15) is 9.90 Å². The van der Waals surface area contributed by atoms with Crippen LogP contribution in [0.4, 0.5) is 0 Å². The fourth-order valence-corrected chi connectivity index (χ4v) is 4.28. The Morgan fingerprint density at radius 1 is 1.04 bits per heavy atom. The second-order valence-electron chi connectivity index (χ2n) is 7.76. The predicted octanol–water partition coefficient (Wildman–Crippen LogP) is 4.19. The summed E-state index contributed by atoms with van der Waals surface area (Å²) in [5, 5.41) is 13.4. The largest absolute Gasteiger partial charge is 0.508 e. The summed E-state index contributed by atoms with van der Waals surface area (Å²) in [5.41, 5.74) is 4.52. The quantitative estimate of drug-likeness (QED) is 0.855. The van der Waals surface area contributed by atoms with Crippen molar-refractivity contribution in [1.82, 2.24) is 10.2 Å². The molecule has 2 aliphatic rings. The third-order valence-corrected chi connectivity index (χ3v) is 5.84. The SMILES string of the molecule is O=C(c1ccc(CNC2CCCc3ccc(O)cc32)cc1)N1CCCCC1. The molecule has 27 heavy (non-hydrogen) atoms. The van der Waals surface area contributed by atoms with Crippen LogP contribution in [-0.2, 0) is 13.0 Å². The van der Waals surface area contributed by atoms with Gasteiger partial charge < -0.3 is 15.3 Å². The third-order valence-electron chi connectivity index (χ3n) is 5.84. The van der Waals surface area contributed by atoms with Crippen molar-refractivity contribution in [1.29, 1.82) is 0 Å². The summed E-state index contributed by atoms with van der Waals surface area (Å²) in [5.74, 6) is 0.494. The molecule has 4 heteroatoms. The van der Waals surface area contributed by atoms with Crippen molar-refractivity contribution in [3.05, 3.63) is 64.7 Å². The van der Waals surface area contributed by atoms with Gasteiger partial charge >= 0.3 is 0 Å². The monoisotopic (exact) mass is 364 g/mol. The number of fused-ring (bicyclic) bond motifs is 1. The molecule has 1 atom stereocenters. The summed E-state index contributed by atoms with van der Waals surface area (Å²) >= 11 is 0. The van der Waals surface area contributed by atoms with Gasteiger partial charge in [0.15, 0.2) is 0 Å². The Morgan fingerprint density at radius 2 is 1.81 bits per heavy atom. The average molecular weight is 364 g/mol. The smallest absolute Gasteiger partial charge is 0.253 e. The number of benzene rings is 2. The van der Waals surface area contributed by atoms with Crippen molar-refractivity contribution in [2.24, 2.45) is 0 Å². The van der Waals surface area contributed by atoms with Crippen LogP contribution < -0.4 is 5.32 Å². The molecule has 0 spiro atoms. The van der Waals surface area contributed by atoms with Crippen molar-refractivity contribution < 1.29 is 9.90 Å². The lowest BCUT2D eigenvalue weighted by atomic mass is 9.87. The lowest BCUT2D eigenvalue weighted by Crippen LogP contribution is -2.35. The zero-order valence-electron chi connectivity index (χ0n) is 15.8. The number of nitrogens with zero attached hydrogens (tertiary/aromatic N) is 1. The van der Waals surface area contributed by atoms with Gasteiger partial charge in [-0.3, -0.25) is 4.79 Å². The van der Waals surface area contributed by atoms with Crippen molar-refractivity contribution >= 4 is 5.91 Å². The van der Waals surface area contributed by atoms with Crippen LogP contribution in [0.15, 0.2) is 42.5 Å². The molecule has 0 radical (unpaired) electrons. The third kappa shape index (κ3) is 4.16. The molecule has 4 rings (SSSR count). The van der Waals surface area contributed by atoms with E-state index < -0.39 is 0 Å². The highest BCUT2D eigenvalue weighted by molar-refractivity contribution is 5.94. The molecule has 0 saturated carbocycles. The number of aryl methyl sites for hydroxylation is 1. The van der Waals surface area contributed by atoms with Crippen LogP contribution in [0.25, 0.3) is 0 Å². The number of aromatic hydroxyl groups is 1. The van der Waals surface area contributed by atoms with Gasteiger partial charge in [0, 0.05) is 31.2 Å². The molecule has 1 aliphatic heterocycles. The molecule has 1 unspecified atom stereocenters. The lowest BCUT2D eigenvalue weighted by Gasteiger charge is -2.27. The van der Waals surface area contributed by atoms with Crippen molar-refractivity contribution in [3.8, 4) is 5.75 Å². The Bertz CT molecular complexity index is 795. The summed E-state index contributed by atoms with van der Waals surface area (Å²) in [6, 6.07) is 14.0. The number of rotatable bonds is 4. The zero-order chi connectivity index (χ0) is 18.6. The Morgan fingerprint density at radius 3 is 2.59 bits per heavy atom. The van der Waals surface area contributed by atoms with E-state index in [-0.39, 0.29) is 11.9 Å². The number of phenols is 1. The predicted molar refractivity (Wildman–Crippen MR) is 107 cm³/mol. The molecule has 2 aromatic rings. The summed E-state index contributed by atoms with van der Waals surface area (Å²) < 4.78 is 0. The summed E-state index contributed by atoms with van der Waals surface area (Å²) in [6.45, 7) is 2.53. The first-order chi connectivity index (χ1) is 13.2. The number of carbonyl (C=O) groups is 1. The fraction of sp³-hybridized carbons (Fsp3) is 0.435. The minimum atomic E-state index is 0.158. The summed E-state index contributed by atoms with van der Waals surface area (Å²) in [7, 11) is 0. The number of hydrogen-bond acceptors (Lipinski definition) is 3. The number of nitrogens with one attached hydrogen (secondary N) is 1. The number of likely N-dealkylation sites (tertiary alicyclic amines) is 1. The first-order valence-corrected chi connectivity index (χ1v) is 10.1. The van der Waals surface area contributed by atoms with Gasteiger partial charge in [-0.25, -0.2) is 0 Å². The van der Waals surface area contributed by atoms with E-state index in [1.165, 1.54) is 29.5 Å². The second kappa shape index (κ2) is 8.13. The van der Waals surface area contributed by atoms with E-state index in [4.69, 9.17) is 0 Å². The number of phenolic OH excluding ortho intramolecular Hbond substituents is 1. The van der Waals surface area contributed by atoms with Crippen molar-refractivity contribution in [2.45, 2.75) is 51.1 Å². The Hall–Kier alpha value is -2.33. The van der Waals surface area contributed by atoms with Gasteiger partial charge in [-0.05, 0) is 79.5 Å². The fourth-order valence-electron chi connectivity index (χ4n) is 4.28. The van der Waals surface area contributed by atoms with Crippen LogP contribution >= 0.6 is 0 Å². The summed E-state index contributed by atoms with van der Waals surface area (Å²) in [4.78, 5) is 14.5. The Labute approximate surface area is 161 Å².